The number of nitrogens with zero attached hydrogens (tertiary/aromatic N) is 5. The molecule has 0 amide bonds. The van der Waals surface area contributed by atoms with Crippen LogP contribution in [0.15, 0.2) is 24.5 Å². The fourth-order valence-electron chi connectivity index (χ4n) is 2.25. The summed E-state index contributed by atoms with van der Waals surface area (Å²) in [4.78, 5) is 6.85. The van der Waals surface area contributed by atoms with Crippen molar-refractivity contribution in [1.82, 2.24) is 19.6 Å². The molecule has 0 radical (unpaired) electrons. The number of aromatic nitrogens is 4. The van der Waals surface area contributed by atoms with Gasteiger partial charge in [0, 0.05) is 18.1 Å². The number of anilines is 1. The number of benzene rings is 1. The second-order valence-corrected chi connectivity index (χ2v) is 6.90. The van der Waals surface area contributed by atoms with Crippen molar-refractivity contribution in [3.05, 3.63) is 29.5 Å². The van der Waals surface area contributed by atoms with E-state index in [1.54, 1.807) is 6.33 Å². The normalized spacial score (nSPS) is 11.4. The van der Waals surface area contributed by atoms with E-state index in [9.17, 15) is 8.42 Å². The van der Waals surface area contributed by atoms with Crippen molar-refractivity contribution in [2.75, 3.05) is 24.2 Å². The van der Waals surface area contributed by atoms with Gasteiger partial charge in [-0.15, -0.1) is 10.2 Å². The Morgan fingerprint density at radius 3 is 2.50 bits per heavy atom. The number of hydrogen-bond donors (Lipinski definition) is 1. The monoisotopic (exact) mass is 371 g/mol. The minimum atomic E-state index is -3.67. The molecule has 0 spiro atoms. The molecule has 3 rings (SSSR count). The predicted octanol–water partition coefficient (Wildman–Crippen LogP) is 2.28. The van der Waals surface area contributed by atoms with E-state index in [-0.39, 0.29) is 0 Å². The summed E-state index contributed by atoms with van der Waals surface area (Å²) in [6.07, 6.45) is 2.42. The van der Waals surface area contributed by atoms with Gasteiger partial charge in [-0.1, -0.05) is 11.6 Å². The van der Waals surface area contributed by atoms with Gasteiger partial charge in [-0.05, 0) is 32.0 Å². The maximum Gasteiger partial charge on any atom is 0.261 e. The van der Waals surface area contributed by atoms with Gasteiger partial charge in [0.25, 0.3) is 10.1 Å². The average Bonchev–Trinajstić information content (AvgIpc) is 2.96. The molecule has 0 bridgehead atoms. The standard InChI is InChI=1S/C13H14ClN5.CH4O3S/c1-3-18(4-2)12-13-17-15-8-19(13)11-6-5-9(14)7-10(11)16-12;1-5(2,3)4/h5-8H,3-4H2,1-2H3;1H3,(H,2,3,4). The van der Waals surface area contributed by atoms with Crippen molar-refractivity contribution in [3.8, 4) is 0 Å². The van der Waals surface area contributed by atoms with Crippen LogP contribution in [0.5, 0.6) is 0 Å². The summed E-state index contributed by atoms with van der Waals surface area (Å²) in [5.41, 5.74) is 2.58. The molecule has 1 aromatic carbocycles. The van der Waals surface area contributed by atoms with Gasteiger partial charge in [0.15, 0.2) is 5.82 Å². The zero-order valence-corrected chi connectivity index (χ0v) is 15.1. The molecule has 130 valence electrons. The molecule has 2 heterocycles. The van der Waals surface area contributed by atoms with Crippen LogP contribution in [0.1, 0.15) is 13.8 Å². The van der Waals surface area contributed by atoms with Crippen molar-refractivity contribution < 1.29 is 13.0 Å². The molecule has 0 fully saturated rings. The molecule has 1 N–H and O–H groups in total. The molecule has 0 aliphatic rings. The second kappa shape index (κ2) is 7.29. The minimum absolute atomic E-state index is 0.679. The van der Waals surface area contributed by atoms with Gasteiger partial charge in [-0.2, -0.15) is 8.42 Å². The number of halogens is 1. The first-order valence-electron chi connectivity index (χ1n) is 7.21. The Labute approximate surface area is 144 Å². The molecular formula is C14H18ClN5O3S. The van der Waals surface area contributed by atoms with Gasteiger partial charge in [-0.3, -0.25) is 8.95 Å². The van der Waals surface area contributed by atoms with Gasteiger partial charge in [0.2, 0.25) is 5.65 Å². The highest BCUT2D eigenvalue weighted by Crippen LogP contribution is 2.24. The maximum atomic E-state index is 9.19. The SMILES string of the molecule is CCN(CC)c1nc2cc(Cl)ccc2n2cnnc12.CS(=O)(=O)O. The molecule has 8 nitrogen and oxygen atoms in total. The van der Waals surface area contributed by atoms with Crippen molar-refractivity contribution in [2.24, 2.45) is 0 Å². The summed E-state index contributed by atoms with van der Waals surface area (Å²) in [7, 11) is -3.67. The van der Waals surface area contributed by atoms with Crippen molar-refractivity contribution >= 4 is 44.2 Å². The lowest BCUT2D eigenvalue weighted by atomic mass is 10.3. The van der Waals surface area contributed by atoms with Crippen LogP contribution < -0.4 is 4.90 Å². The van der Waals surface area contributed by atoms with Crippen LogP contribution in [0.3, 0.4) is 0 Å². The first-order chi connectivity index (χ1) is 11.2. The Balaban J connectivity index is 0.000000368. The summed E-state index contributed by atoms with van der Waals surface area (Å²) in [5.74, 6) is 0.845. The lowest BCUT2D eigenvalue weighted by molar-refractivity contribution is 0.490. The number of rotatable bonds is 3. The summed E-state index contributed by atoms with van der Waals surface area (Å²) >= 11 is 6.05. The Morgan fingerprint density at radius 2 is 1.92 bits per heavy atom. The molecular weight excluding hydrogens is 354 g/mol. The highest BCUT2D eigenvalue weighted by Gasteiger charge is 2.14. The zero-order chi connectivity index (χ0) is 17.9. The van der Waals surface area contributed by atoms with E-state index >= 15 is 0 Å². The van der Waals surface area contributed by atoms with Crippen LogP contribution in [-0.4, -0.2) is 51.9 Å². The van der Waals surface area contributed by atoms with Crippen LogP contribution in [-0.2, 0) is 10.1 Å². The predicted molar refractivity (Wildman–Crippen MR) is 94.3 cm³/mol. The average molecular weight is 372 g/mol. The minimum Gasteiger partial charge on any atom is -0.354 e. The van der Waals surface area contributed by atoms with E-state index in [4.69, 9.17) is 21.1 Å². The van der Waals surface area contributed by atoms with Gasteiger partial charge < -0.3 is 4.90 Å². The second-order valence-electron chi connectivity index (χ2n) is 5.00. The zero-order valence-electron chi connectivity index (χ0n) is 13.5. The lowest BCUT2D eigenvalue weighted by Crippen LogP contribution is -2.24. The van der Waals surface area contributed by atoms with E-state index in [0.717, 1.165) is 35.6 Å². The first kappa shape index (κ1) is 18.4. The van der Waals surface area contributed by atoms with Crippen LogP contribution in [0.4, 0.5) is 5.82 Å². The van der Waals surface area contributed by atoms with E-state index < -0.39 is 10.1 Å². The Morgan fingerprint density at radius 1 is 1.29 bits per heavy atom. The van der Waals surface area contributed by atoms with Crippen LogP contribution >= 0.6 is 11.6 Å². The molecule has 10 heteroatoms. The summed E-state index contributed by atoms with van der Waals surface area (Å²) in [5, 5.41) is 8.86. The summed E-state index contributed by atoms with van der Waals surface area (Å²) in [6.45, 7) is 5.94. The smallest absolute Gasteiger partial charge is 0.261 e. The third kappa shape index (κ3) is 4.31. The van der Waals surface area contributed by atoms with Gasteiger partial charge in [0.1, 0.15) is 6.33 Å². The van der Waals surface area contributed by atoms with E-state index in [1.807, 2.05) is 22.6 Å². The number of fused-ring (bicyclic) bond motifs is 3. The highest BCUT2D eigenvalue weighted by molar-refractivity contribution is 7.85. The molecule has 0 atom stereocenters. The third-order valence-corrected chi connectivity index (χ3v) is 3.47. The van der Waals surface area contributed by atoms with Crippen LogP contribution in [0.2, 0.25) is 5.02 Å². The lowest BCUT2D eigenvalue weighted by Gasteiger charge is -2.20. The fraction of sp³-hybridized carbons (Fsp3) is 0.357. The van der Waals surface area contributed by atoms with Crippen molar-refractivity contribution in [2.45, 2.75) is 13.8 Å². The van der Waals surface area contributed by atoms with Crippen molar-refractivity contribution in [1.29, 1.82) is 0 Å². The third-order valence-electron chi connectivity index (χ3n) is 3.23. The topological polar surface area (TPSA) is 101 Å². The number of hydrogen-bond acceptors (Lipinski definition) is 6. The van der Waals surface area contributed by atoms with Gasteiger partial charge in [-0.25, -0.2) is 4.98 Å². The first-order valence-corrected chi connectivity index (χ1v) is 9.43. The Hall–Kier alpha value is -1.97. The molecule has 0 saturated carbocycles. The van der Waals surface area contributed by atoms with E-state index in [2.05, 4.69) is 28.9 Å². The molecule has 2 aromatic heterocycles. The van der Waals surface area contributed by atoms with Gasteiger partial charge in [0.05, 0.1) is 17.3 Å². The maximum absolute atomic E-state index is 9.19. The Kier molecular flexibility index (Phi) is 5.58. The molecule has 3 aromatic rings. The fourth-order valence-corrected chi connectivity index (χ4v) is 2.42. The summed E-state index contributed by atoms with van der Waals surface area (Å²) < 4.78 is 27.8. The molecule has 0 saturated heterocycles. The molecule has 0 aliphatic heterocycles. The molecule has 0 unspecified atom stereocenters. The van der Waals surface area contributed by atoms with Gasteiger partial charge >= 0.3 is 0 Å². The molecule has 0 aliphatic carbocycles. The van der Waals surface area contributed by atoms with E-state index in [1.165, 1.54) is 0 Å². The summed E-state index contributed by atoms with van der Waals surface area (Å²) in [6, 6.07) is 5.65. The Bertz CT molecular complexity index is 946. The highest BCUT2D eigenvalue weighted by atomic mass is 35.5. The quantitative estimate of drug-likeness (QED) is 0.705. The van der Waals surface area contributed by atoms with Crippen LogP contribution in [0.25, 0.3) is 16.7 Å². The largest absolute Gasteiger partial charge is 0.354 e. The van der Waals surface area contributed by atoms with E-state index in [0.29, 0.717) is 11.3 Å². The molecule has 24 heavy (non-hydrogen) atoms. The van der Waals surface area contributed by atoms with Crippen LogP contribution in [0, 0.1) is 0 Å². The van der Waals surface area contributed by atoms with Crippen molar-refractivity contribution in [3.63, 3.8) is 0 Å².